The van der Waals surface area contributed by atoms with Crippen LogP contribution in [0.25, 0.3) is 0 Å². The predicted molar refractivity (Wildman–Crippen MR) is 64.9 cm³/mol. The van der Waals surface area contributed by atoms with Gasteiger partial charge in [0.1, 0.15) is 5.82 Å². The first-order valence-electron chi connectivity index (χ1n) is 6.11. The average Bonchev–Trinajstić information content (AvgIpc) is 2.32. The number of rotatable bonds is 3. The third-order valence-corrected chi connectivity index (χ3v) is 3.41. The lowest BCUT2D eigenvalue weighted by Crippen LogP contribution is -2.34. The summed E-state index contributed by atoms with van der Waals surface area (Å²) in [7, 11) is 0. The first-order valence-corrected chi connectivity index (χ1v) is 6.11. The number of nitrogens with zero attached hydrogens (tertiary/aromatic N) is 2. The largest absolute Gasteiger partial charge is 0.291 e. The molecule has 0 aliphatic carbocycles. The Balaban J connectivity index is 1.84. The summed E-state index contributed by atoms with van der Waals surface area (Å²) in [5.41, 5.74) is 1.09. The summed E-state index contributed by atoms with van der Waals surface area (Å²) in [4.78, 5) is 2.18. The second-order valence-electron chi connectivity index (χ2n) is 4.71. The van der Waals surface area contributed by atoms with Crippen LogP contribution in [0, 0.1) is 23.1 Å². The van der Waals surface area contributed by atoms with Gasteiger partial charge < -0.3 is 0 Å². The van der Waals surface area contributed by atoms with Crippen LogP contribution in [0.5, 0.6) is 0 Å². The van der Waals surface area contributed by atoms with Crippen molar-refractivity contribution in [1.29, 1.82) is 5.26 Å². The Morgan fingerprint density at radius 2 is 2.12 bits per heavy atom. The summed E-state index contributed by atoms with van der Waals surface area (Å²) >= 11 is 0. The van der Waals surface area contributed by atoms with Gasteiger partial charge in [-0.25, -0.2) is 4.39 Å². The van der Waals surface area contributed by atoms with E-state index >= 15 is 0 Å². The van der Waals surface area contributed by atoms with Crippen LogP contribution in [0.2, 0.25) is 0 Å². The molecule has 1 aromatic carbocycles. The van der Waals surface area contributed by atoms with Crippen LogP contribution < -0.4 is 0 Å². The molecule has 0 N–H and O–H groups in total. The highest BCUT2D eigenvalue weighted by molar-refractivity contribution is 5.17. The molecule has 0 aromatic heterocycles. The molecule has 3 heteroatoms. The molecule has 1 saturated heterocycles. The van der Waals surface area contributed by atoms with Gasteiger partial charge in [-0.2, -0.15) is 5.26 Å². The number of likely N-dealkylation sites (tertiary alicyclic amines) is 1. The number of piperidine rings is 1. The smallest absolute Gasteiger partial charge is 0.123 e. The maximum atomic E-state index is 13.0. The van der Waals surface area contributed by atoms with Crippen molar-refractivity contribution in [3.63, 3.8) is 0 Å². The molecule has 2 rings (SSSR count). The molecule has 1 fully saturated rings. The average molecular weight is 232 g/mol. The van der Waals surface area contributed by atoms with E-state index in [-0.39, 0.29) is 5.82 Å². The van der Waals surface area contributed by atoms with Gasteiger partial charge in [0.25, 0.3) is 0 Å². The fraction of sp³-hybridized carbons (Fsp3) is 0.500. The third-order valence-electron chi connectivity index (χ3n) is 3.41. The number of halogens is 1. The molecule has 1 aromatic rings. The molecule has 0 atom stereocenters. The zero-order valence-corrected chi connectivity index (χ0v) is 9.90. The molecule has 0 saturated carbocycles. The Morgan fingerprint density at radius 3 is 2.76 bits per heavy atom. The molecular weight excluding hydrogens is 215 g/mol. The van der Waals surface area contributed by atoms with Crippen molar-refractivity contribution in [2.24, 2.45) is 5.92 Å². The molecule has 17 heavy (non-hydrogen) atoms. The van der Waals surface area contributed by atoms with E-state index in [1.165, 1.54) is 6.07 Å². The van der Waals surface area contributed by atoms with Gasteiger partial charge in [-0.15, -0.1) is 0 Å². The molecule has 1 aliphatic rings. The number of benzene rings is 1. The molecule has 0 spiro atoms. The minimum atomic E-state index is -0.149. The first kappa shape index (κ1) is 12.1. The van der Waals surface area contributed by atoms with Gasteiger partial charge in [-0.1, -0.05) is 12.1 Å². The third kappa shape index (κ3) is 3.54. The molecule has 1 heterocycles. The van der Waals surface area contributed by atoms with Crippen LogP contribution in [0.3, 0.4) is 0 Å². The molecule has 0 amide bonds. The molecule has 2 nitrogen and oxygen atoms in total. The quantitative estimate of drug-likeness (QED) is 0.749. The summed E-state index contributed by atoms with van der Waals surface area (Å²) < 4.78 is 13.0. The number of nitriles is 1. The van der Waals surface area contributed by atoms with E-state index in [1.807, 2.05) is 6.07 Å². The monoisotopic (exact) mass is 232 g/mol. The van der Waals surface area contributed by atoms with Crippen molar-refractivity contribution in [2.45, 2.75) is 19.3 Å². The van der Waals surface area contributed by atoms with Gasteiger partial charge in [0.05, 0.1) is 12.6 Å². The Kier molecular flexibility index (Phi) is 4.11. The number of hydrogen-bond donors (Lipinski definition) is 0. The minimum Gasteiger partial charge on any atom is -0.291 e. The van der Waals surface area contributed by atoms with Gasteiger partial charge in [-0.3, -0.25) is 4.90 Å². The fourth-order valence-corrected chi connectivity index (χ4v) is 2.45. The Morgan fingerprint density at radius 1 is 1.35 bits per heavy atom. The van der Waals surface area contributed by atoms with Gasteiger partial charge in [-0.05, 0) is 56.0 Å². The van der Waals surface area contributed by atoms with E-state index < -0.39 is 0 Å². The summed E-state index contributed by atoms with van der Waals surface area (Å²) in [5, 5.41) is 8.62. The van der Waals surface area contributed by atoms with Crippen molar-refractivity contribution in [1.82, 2.24) is 4.90 Å². The predicted octanol–water partition coefficient (Wildman–Crippen LogP) is 2.60. The highest BCUT2D eigenvalue weighted by Gasteiger charge is 2.19. The van der Waals surface area contributed by atoms with Crippen molar-refractivity contribution in [2.75, 3.05) is 19.6 Å². The van der Waals surface area contributed by atoms with E-state index in [0.29, 0.717) is 12.5 Å². The van der Waals surface area contributed by atoms with Crippen molar-refractivity contribution >= 4 is 0 Å². The van der Waals surface area contributed by atoms with E-state index in [9.17, 15) is 4.39 Å². The van der Waals surface area contributed by atoms with Crippen LogP contribution in [-0.4, -0.2) is 24.5 Å². The van der Waals surface area contributed by atoms with Gasteiger partial charge >= 0.3 is 0 Å². The summed E-state index contributed by atoms with van der Waals surface area (Å²) in [6.45, 7) is 2.52. The van der Waals surface area contributed by atoms with Crippen LogP contribution in [-0.2, 0) is 6.42 Å². The summed E-state index contributed by atoms with van der Waals surface area (Å²) in [5.74, 6) is 0.483. The number of hydrogen-bond acceptors (Lipinski definition) is 2. The molecule has 0 bridgehead atoms. The maximum Gasteiger partial charge on any atom is 0.123 e. The van der Waals surface area contributed by atoms with E-state index in [1.54, 1.807) is 12.1 Å². The topological polar surface area (TPSA) is 27.0 Å². The Labute approximate surface area is 102 Å². The Bertz CT molecular complexity index is 403. The van der Waals surface area contributed by atoms with Crippen LogP contribution in [0.4, 0.5) is 4.39 Å². The highest BCUT2D eigenvalue weighted by Crippen LogP contribution is 2.21. The van der Waals surface area contributed by atoms with Crippen LogP contribution in [0.1, 0.15) is 18.4 Å². The fourth-order valence-electron chi connectivity index (χ4n) is 2.45. The second-order valence-corrected chi connectivity index (χ2v) is 4.71. The maximum absolute atomic E-state index is 13.0. The normalized spacial score (nSPS) is 17.9. The molecular formula is C14H17FN2. The van der Waals surface area contributed by atoms with Gasteiger partial charge in [0, 0.05) is 0 Å². The zero-order chi connectivity index (χ0) is 12.1. The van der Waals surface area contributed by atoms with Crippen LogP contribution >= 0.6 is 0 Å². The lowest BCUT2D eigenvalue weighted by Gasteiger charge is -2.30. The van der Waals surface area contributed by atoms with Crippen molar-refractivity contribution in [3.05, 3.63) is 35.6 Å². The summed E-state index contributed by atoms with van der Waals surface area (Å²) in [6.07, 6.45) is 3.18. The second kappa shape index (κ2) is 5.79. The van der Waals surface area contributed by atoms with Crippen molar-refractivity contribution in [3.8, 4) is 6.07 Å². The van der Waals surface area contributed by atoms with Crippen LogP contribution in [0.15, 0.2) is 24.3 Å². The molecule has 0 radical (unpaired) electrons. The first-order chi connectivity index (χ1) is 8.28. The lowest BCUT2D eigenvalue weighted by atomic mass is 9.90. The van der Waals surface area contributed by atoms with Crippen molar-refractivity contribution < 1.29 is 4.39 Å². The zero-order valence-electron chi connectivity index (χ0n) is 9.90. The van der Waals surface area contributed by atoms with E-state index in [2.05, 4.69) is 11.0 Å². The SMILES string of the molecule is N#CCN1CCC(Cc2cccc(F)c2)CC1. The van der Waals surface area contributed by atoms with E-state index in [0.717, 1.165) is 37.9 Å². The van der Waals surface area contributed by atoms with Gasteiger partial charge in [0.15, 0.2) is 0 Å². The van der Waals surface area contributed by atoms with Gasteiger partial charge in [0.2, 0.25) is 0 Å². The Hall–Kier alpha value is -1.40. The van der Waals surface area contributed by atoms with E-state index in [4.69, 9.17) is 5.26 Å². The molecule has 0 unspecified atom stereocenters. The molecule has 90 valence electrons. The lowest BCUT2D eigenvalue weighted by molar-refractivity contribution is 0.202. The highest BCUT2D eigenvalue weighted by atomic mass is 19.1. The molecule has 1 aliphatic heterocycles. The standard InChI is InChI=1S/C14H17FN2/c15-14-3-1-2-13(11-14)10-12-4-7-17(8-5-12)9-6-16/h1-3,11-12H,4-5,7-10H2. The minimum absolute atomic E-state index is 0.149. The summed E-state index contributed by atoms with van der Waals surface area (Å²) in [6, 6.07) is 9.06.